The topological polar surface area (TPSA) is 102 Å². The van der Waals surface area contributed by atoms with Gasteiger partial charge in [-0.1, -0.05) is 24.3 Å². The molecule has 0 bridgehead atoms. The summed E-state index contributed by atoms with van der Waals surface area (Å²) < 4.78 is 16.5. The maximum atomic E-state index is 12.7. The summed E-state index contributed by atoms with van der Waals surface area (Å²) in [4.78, 5) is 25.0. The van der Waals surface area contributed by atoms with Gasteiger partial charge in [-0.15, -0.1) is 0 Å². The molecule has 0 saturated carbocycles. The zero-order valence-corrected chi connectivity index (χ0v) is 16.8. The fraction of sp³-hybridized carbons (Fsp3) is 0.125. The molecule has 1 amide bonds. The van der Waals surface area contributed by atoms with Gasteiger partial charge in [-0.2, -0.15) is 5.26 Å². The quantitative estimate of drug-likeness (QED) is 0.477. The van der Waals surface area contributed by atoms with Gasteiger partial charge in [0.05, 0.1) is 30.0 Å². The number of amides is 1. The van der Waals surface area contributed by atoms with E-state index in [1.54, 1.807) is 24.3 Å². The van der Waals surface area contributed by atoms with E-state index in [0.29, 0.717) is 22.6 Å². The summed E-state index contributed by atoms with van der Waals surface area (Å²) in [6.45, 7) is 1.47. The largest absolute Gasteiger partial charge is 0.495 e. The van der Waals surface area contributed by atoms with Crippen LogP contribution in [0.15, 0.2) is 65.1 Å². The smallest absolute Gasteiger partial charge is 0.338 e. The maximum Gasteiger partial charge on any atom is 0.338 e. The van der Waals surface area contributed by atoms with Crippen molar-refractivity contribution < 1.29 is 23.5 Å². The van der Waals surface area contributed by atoms with Crippen molar-refractivity contribution in [3.63, 3.8) is 0 Å². The average Bonchev–Trinajstić information content (AvgIpc) is 3.15. The second kappa shape index (κ2) is 8.20. The number of carbonyl (C=O) groups is 2. The van der Waals surface area contributed by atoms with Gasteiger partial charge in [0.2, 0.25) is 0 Å². The minimum Gasteiger partial charge on any atom is -0.495 e. The molecule has 4 aromatic rings. The summed E-state index contributed by atoms with van der Waals surface area (Å²) in [5.74, 6) is -0.773. The number of para-hydroxylation sites is 1. The molecule has 0 saturated heterocycles. The lowest BCUT2D eigenvalue weighted by Crippen LogP contribution is -2.30. The molecule has 0 fully saturated rings. The molecule has 1 N–H and O–H groups in total. The Morgan fingerprint density at radius 2 is 1.84 bits per heavy atom. The Hall–Kier alpha value is -4.31. The molecular weight excluding hydrogens is 396 g/mol. The van der Waals surface area contributed by atoms with Gasteiger partial charge >= 0.3 is 5.97 Å². The lowest BCUT2D eigenvalue weighted by Gasteiger charge is -2.15. The van der Waals surface area contributed by atoms with Gasteiger partial charge in [0.15, 0.2) is 6.10 Å². The van der Waals surface area contributed by atoms with Gasteiger partial charge in [-0.25, -0.2) is 4.79 Å². The van der Waals surface area contributed by atoms with Gasteiger partial charge in [0.1, 0.15) is 16.9 Å². The third-order valence-corrected chi connectivity index (χ3v) is 4.84. The number of nitrogens with zero attached hydrogens (tertiary/aromatic N) is 1. The number of fused-ring (bicyclic) bond motifs is 3. The van der Waals surface area contributed by atoms with Crippen molar-refractivity contribution >= 4 is 39.5 Å². The zero-order valence-electron chi connectivity index (χ0n) is 16.8. The fourth-order valence-electron chi connectivity index (χ4n) is 3.25. The van der Waals surface area contributed by atoms with E-state index in [4.69, 9.17) is 19.2 Å². The Balaban J connectivity index is 1.55. The van der Waals surface area contributed by atoms with Crippen molar-refractivity contribution in [2.24, 2.45) is 0 Å². The molecule has 3 aromatic carbocycles. The number of esters is 1. The van der Waals surface area contributed by atoms with Crippen molar-refractivity contribution in [1.29, 1.82) is 5.26 Å². The standard InChI is InChI=1S/C24H18N2O5/c1-14(30-24(28)16-7-5-6-15(10-16)13-25)23(27)26-19-12-21-18(11-22(19)29-2)17-8-3-4-9-20(17)31-21/h3-12,14H,1-2H3,(H,26,27)/t14-/m1/s1. The van der Waals surface area contributed by atoms with E-state index in [1.807, 2.05) is 30.3 Å². The number of furan rings is 1. The number of methoxy groups -OCH3 is 1. The first kappa shape index (κ1) is 20.0. The van der Waals surface area contributed by atoms with E-state index in [-0.39, 0.29) is 5.56 Å². The predicted octanol–water partition coefficient (Wildman–Crippen LogP) is 4.65. The highest BCUT2D eigenvalue weighted by atomic mass is 16.5. The number of hydrogen-bond acceptors (Lipinski definition) is 6. The van der Waals surface area contributed by atoms with Crippen LogP contribution < -0.4 is 10.1 Å². The van der Waals surface area contributed by atoms with E-state index in [0.717, 1.165) is 16.4 Å². The molecule has 7 nitrogen and oxygen atoms in total. The molecule has 0 unspecified atom stereocenters. The van der Waals surface area contributed by atoms with E-state index in [9.17, 15) is 9.59 Å². The predicted molar refractivity (Wildman–Crippen MR) is 115 cm³/mol. The van der Waals surface area contributed by atoms with Crippen molar-refractivity contribution in [2.75, 3.05) is 12.4 Å². The highest BCUT2D eigenvalue weighted by Crippen LogP contribution is 2.36. The molecule has 0 spiro atoms. The molecule has 7 heteroatoms. The van der Waals surface area contributed by atoms with Crippen LogP contribution in [-0.2, 0) is 9.53 Å². The number of nitrogens with one attached hydrogen (secondary N) is 1. The van der Waals surface area contributed by atoms with Crippen LogP contribution >= 0.6 is 0 Å². The molecule has 1 atom stereocenters. The molecule has 4 rings (SSSR count). The van der Waals surface area contributed by atoms with E-state index in [2.05, 4.69) is 5.32 Å². The first-order valence-electron chi connectivity index (χ1n) is 9.51. The van der Waals surface area contributed by atoms with Crippen LogP contribution in [0.2, 0.25) is 0 Å². The van der Waals surface area contributed by atoms with Gasteiger partial charge < -0.3 is 19.2 Å². The Morgan fingerprint density at radius 1 is 1.03 bits per heavy atom. The summed E-state index contributed by atoms with van der Waals surface area (Å²) in [6, 6.07) is 19.1. The van der Waals surface area contributed by atoms with Crippen molar-refractivity contribution in [1.82, 2.24) is 0 Å². The molecule has 0 aliphatic heterocycles. The van der Waals surface area contributed by atoms with Crippen LogP contribution in [-0.4, -0.2) is 25.1 Å². The first-order chi connectivity index (χ1) is 15.0. The van der Waals surface area contributed by atoms with Crippen molar-refractivity contribution in [2.45, 2.75) is 13.0 Å². The van der Waals surface area contributed by atoms with Crippen molar-refractivity contribution in [3.8, 4) is 11.8 Å². The SMILES string of the molecule is COc1cc2c(cc1NC(=O)[C@@H](C)OC(=O)c1cccc(C#N)c1)oc1ccccc12. The second-order valence-electron chi connectivity index (χ2n) is 6.88. The highest BCUT2D eigenvalue weighted by Gasteiger charge is 2.21. The van der Waals surface area contributed by atoms with Crippen molar-refractivity contribution in [3.05, 3.63) is 71.8 Å². The highest BCUT2D eigenvalue weighted by molar-refractivity contribution is 6.08. The number of ether oxygens (including phenoxy) is 2. The summed E-state index contributed by atoms with van der Waals surface area (Å²) in [5.41, 5.74) is 2.24. The number of rotatable bonds is 5. The minimum absolute atomic E-state index is 0.194. The number of carbonyl (C=O) groups excluding carboxylic acids is 2. The summed E-state index contributed by atoms with van der Waals surface area (Å²) in [6.07, 6.45) is -1.07. The van der Waals surface area contributed by atoms with E-state index < -0.39 is 18.0 Å². The number of benzene rings is 3. The lowest BCUT2D eigenvalue weighted by molar-refractivity contribution is -0.123. The number of anilines is 1. The molecule has 1 aromatic heterocycles. The van der Waals surface area contributed by atoms with Gasteiger partial charge in [0, 0.05) is 16.8 Å². The van der Waals surface area contributed by atoms with E-state index in [1.165, 1.54) is 26.2 Å². The minimum atomic E-state index is -1.07. The molecular formula is C24H18N2O5. The molecule has 0 aliphatic rings. The number of nitriles is 1. The number of hydrogen-bond donors (Lipinski definition) is 1. The third kappa shape index (κ3) is 3.91. The lowest BCUT2D eigenvalue weighted by atomic mass is 10.1. The Kier molecular flexibility index (Phi) is 5.29. The molecule has 1 heterocycles. The van der Waals surface area contributed by atoms with Gasteiger partial charge in [-0.05, 0) is 37.3 Å². The Bertz CT molecular complexity index is 1350. The van der Waals surface area contributed by atoms with Crippen LogP contribution in [0.1, 0.15) is 22.8 Å². The van der Waals surface area contributed by atoms with Crippen LogP contribution in [0.25, 0.3) is 21.9 Å². The second-order valence-corrected chi connectivity index (χ2v) is 6.88. The third-order valence-electron chi connectivity index (χ3n) is 4.84. The van der Waals surface area contributed by atoms with Crippen LogP contribution in [0, 0.1) is 11.3 Å². The van der Waals surface area contributed by atoms with Crippen LogP contribution in [0.3, 0.4) is 0 Å². The fourth-order valence-corrected chi connectivity index (χ4v) is 3.25. The average molecular weight is 414 g/mol. The maximum absolute atomic E-state index is 12.7. The summed E-state index contributed by atoms with van der Waals surface area (Å²) in [7, 11) is 1.50. The molecule has 0 aliphatic carbocycles. The molecule has 154 valence electrons. The summed E-state index contributed by atoms with van der Waals surface area (Å²) in [5, 5.41) is 13.5. The van der Waals surface area contributed by atoms with Crippen LogP contribution in [0.5, 0.6) is 5.75 Å². The van der Waals surface area contributed by atoms with Crippen LogP contribution in [0.4, 0.5) is 5.69 Å². The first-order valence-corrected chi connectivity index (χ1v) is 9.51. The summed E-state index contributed by atoms with van der Waals surface area (Å²) >= 11 is 0. The Morgan fingerprint density at radius 3 is 2.61 bits per heavy atom. The van der Waals surface area contributed by atoms with Gasteiger partial charge in [0.25, 0.3) is 5.91 Å². The monoisotopic (exact) mass is 414 g/mol. The molecule has 0 radical (unpaired) electrons. The zero-order chi connectivity index (χ0) is 22.0. The Labute approximate surface area is 177 Å². The van der Waals surface area contributed by atoms with Gasteiger partial charge in [-0.3, -0.25) is 4.79 Å². The normalized spacial score (nSPS) is 11.6. The van der Waals surface area contributed by atoms with E-state index >= 15 is 0 Å². The molecule has 31 heavy (non-hydrogen) atoms.